The maximum absolute atomic E-state index is 13.1. The number of halogens is 3. The highest BCUT2D eigenvalue weighted by atomic mass is 32.2. The Hall–Kier alpha value is -3.28. The van der Waals surface area contributed by atoms with Gasteiger partial charge in [0, 0.05) is 29.5 Å². The number of amides is 1. The summed E-state index contributed by atoms with van der Waals surface area (Å²) in [7, 11) is -3.52. The van der Waals surface area contributed by atoms with Gasteiger partial charge >= 0.3 is 6.18 Å². The van der Waals surface area contributed by atoms with Crippen LogP contribution in [0.1, 0.15) is 55.6 Å². The smallest absolute Gasteiger partial charge is 0.368 e. The lowest BCUT2D eigenvalue weighted by Crippen LogP contribution is -2.40. The molecule has 2 aromatic heterocycles. The molecule has 3 N–H and O–H groups in total. The summed E-state index contributed by atoms with van der Waals surface area (Å²) in [5.41, 5.74) is -0.0477. The summed E-state index contributed by atoms with van der Waals surface area (Å²) in [5, 5.41) is 5.70. The first-order chi connectivity index (χ1) is 16.9. The van der Waals surface area contributed by atoms with Gasteiger partial charge in [0.1, 0.15) is 11.5 Å². The van der Waals surface area contributed by atoms with E-state index in [-0.39, 0.29) is 23.6 Å². The molecule has 0 radical (unpaired) electrons. The van der Waals surface area contributed by atoms with Gasteiger partial charge in [0.15, 0.2) is 5.69 Å². The Labute approximate surface area is 207 Å². The minimum atomic E-state index is -4.52. The molecule has 1 aromatic carbocycles. The van der Waals surface area contributed by atoms with Gasteiger partial charge in [-0.1, -0.05) is 12.1 Å². The van der Waals surface area contributed by atoms with Gasteiger partial charge in [-0.15, -0.1) is 0 Å². The van der Waals surface area contributed by atoms with Crippen LogP contribution in [0.3, 0.4) is 0 Å². The summed E-state index contributed by atoms with van der Waals surface area (Å²) >= 11 is 0. The van der Waals surface area contributed by atoms with E-state index in [1.54, 1.807) is 44.2 Å². The predicted molar refractivity (Wildman–Crippen MR) is 131 cm³/mol. The standard InChI is InChI=1S/C24H28F3N5O3S/c1-15(2)36(34,35)31-19-6-3-5-16(13-19)23(33)29-18-11-9-17(10-12-18)28-21-7-4-8-22-30-20(14-32(21)22)24(25,26)27/h3-8,13-15,17-18,28,31H,9-12H2,1-2H3,(H,29,33). The van der Waals surface area contributed by atoms with E-state index >= 15 is 0 Å². The number of fused-ring (bicyclic) bond motifs is 1. The van der Waals surface area contributed by atoms with Crippen LogP contribution in [0.4, 0.5) is 24.7 Å². The van der Waals surface area contributed by atoms with Gasteiger partial charge in [-0.05, 0) is 69.9 Å². The predicted octanol–water partition coefficient (Wildman–Crippen LogP) is 4.66. The number of pyridine rings is 1. The maximum Gasteiger partial charge on any atom is 0.434 e. The van der Waals surface area contributed by atoms with Crippen molar-refractivity contribution in [2.75, 3.05) is 10.0 Å². The van der Waals surface area contributed by atoms with E-state index in [1.807, 2.05) is 0 Å². The van der Waals surface area contributed by atoms with Crippen LogP contribution in [-0.4, -0.2) is 41.0 Å². The van der Waals surface area contributed by atoms with Crippen LogP contribution in [0.15, 0.2) is 48.7 Å². The first kappa shape index (κ1) is 25.8. The van der Waals surface area contributed by atoms with Crippen LogP contribution in [0.5, 0.6) is 0 Å². The molecule has 1 amide bonds. The summed E-state index contributed by atoms with van der Waals surface area (Å²) in [6.45, 7) is 3.14. The highest BCUT2D eigenvalue weighted by Crippen LogP contribution is 2.30. The third kappa shape index (κ3) is 5.92. The van der Waals surface area contributed by atoms with Gasteiger partial charge in [-0.25, -0.2) is 13.4 Å². The number of imidazole rings is 1. The van der Waals surface area contributed by atoms with Gasteiger partial charge in [-0.2, -0.15) is 13.2 Å². The number of nitrogens with zero attached hydrogens (tertiary/aromatic N) is 2. The zero-order valence-electron chi connectivity index (χ0n) is 19.8. The van der Waals surface area contributed by atoms with E-state index < -0.39 is 27.1 Å². The molecule has 3 aromatic rings. The normalized spacial score (nSPS) is 18.8. The zero-order valence-corrected chi connectivity index (χ0v) is 20.7. The molecule has 8 nitrogen and oxygen atoms in total. The van der Waals surface area contributed by atoms with Crippen molar-refractivity contribution in [3.63, 3.8) is 0 Å². The number of alkyl halides is 3. The molecule has 0 unspecified atom stereocenters. The van der Waals surface area contributed by atoms with Crippen molar-refractivity contribution in [3.8, 4) is 0 Å². The molecule has 4 rings (SSSR count). The van der Waals surface area contributed by atoms with Crippen molar-refractivity contribution in [3.05, 3.63) is 59.9 Å². The Morgan fingerprint density at radius 1 is 1.06 bits per heavy atom. The Morgan fingerprint density at radius 3 is 2.39 bits per heavy atom. The molecule has 1 saturated carbocycles. The van der Waals surface area contributed by atoms with Crippen molar-refractivity contribution in [2.45, 2.75) is 63.0 Å². The Bertz CT molecular complexity index is 1350. The molecule has 0 spiro atoms. The number of nitrogens with one attached hydrogen (secondary N) is 3. The Morgan fingerprint density at radius 2 is 1.72 bits per heavy atom. The molecule has 2 heterocycles. The quantitative estimate of drug-likeness (QED) is 0.418. The molecule has 0 saturated heterocycles. The summed E-state index contributed by atoms with van der Waals surface area (Å²) in [4.78, 5) is 16.4. The van der Waals surface area contributed by atoms with Gasteiger partial charge < -0.3 is 10.6 Å². The van der Waals surface area contributed by atoms with E-state index in [0.717, 1.165) is 19.0 Å². The molecule has 0 atom stereocenters. The van der Waals surface area contributed by atoms with Crippen molar-refractivity contribution in [1.82, 2.24) is 14.7 Å². The average Bonchev–Trinajstić information content (AvgIpc) is 3.26. The fourth-order valence-electron chi connectivity index (χ4n) is 4.13. The fourth-order valence-corrected chi connectivity index (χ4v) is 4.82. The van der Waals surface area contributed by atoms with Gasteiger partial charge in [0.05, 0.1) is 5.25 Å². The van der Waals surface area contributed by atoms with Crippen LogP contribution in [0.2, 0.25) is 0 Å². The van der Waals surface area contributed by atoms with E-state index in [1.165, 1.54) is 16.5 Å². The van der Waals surface area contributed by atoms with Crippen LogP contribution >= 0.6 is 0 Å². The van der Waals surface area contributed by atoms with Crippen molar-refractivity contribution in [1.29, 1.82) is 0 Å². The second-order valence-corrected chi connectivity index (χ2v) is 11.4. The molecule has 12 heteroatoms. The lowest BCUT2D eigenvalue weighted by molar-refractivity contribution is -0.140. The van der Waals surface area contributed by atoms with E-state index in [9.17, 15) is 26.4 Å². The molecule has 194 valence electrons. The van der Waals surface area contributed by atoms with E-state index in [4.69, 9.17) is 0 Å². The molecule has 0 bridgehead atoms. The largest absolute Gasteiger partial charge is 0.434 e. The lowest BCUT2D eigenvalue weighted by atomic mass is 9.91. The lowest BCUT2D eigenvalue weighted by Gasteiger charge is -2.30. The number of sulfonamides is 1. The highest BCUT2D eigenvalue weighted by Gasteiger charge is 2.34. The third-order valence-corrected chi connectivity index (χ3v) is 7.96. The van der Waals surface area contributed by atoms with Crippen LogP contribution in [0, 0.1) is 0 Å². The Balaban J connectivity index is 1.34. The van der Waals surface area contributed by atoms with Crippen LogP contribution in [-0.2, 0) is 16.2 Å². The molecule has 36 heavy (non-hydrogen) atoms. The zero-order chi connectivity index (χ0) is 26.1. The highest BCUT2D eigenvalue weighted by molar-refractivity contribution is 7.93. The Kier molecular flexibility index (Phi) is 7.17. The summed E-state index contributed by atoms with van der Waals surface area (Å²) in [5.74, 6) is 0.239. The fraction of sp³-hybridized carbons (Fsp3) is 0.417. The second-order valence-electron chi connectivity index (χ2n) is 9.21. The molecule has 1 fully saturated rings. The van der Waals surface area contributed by atoms with E-state index in [2.05, 4.69) is 20.3 Å². The number of carbonyl (C=O) groups is 1. The number of hydrogen-bond donors (Lipinski definition) is 3. The first-order valence-electron chi connectivity index (χ1n) is 11.7. The monoisotopic (exact) mass is 523 g/mol. The number of aromatic nitrogens is 2. The van der Waals surface area contributed by atoms with Gasteiger partial charge in [0.25, 0.3) is 5.91 Å². The second kappa shape index (κ2) is 10.00. The topological polar surface area (TPSA) is 105 Å². The number of hydrogen-bond acceptors (Lipinski definition) is 5. The number of anilines is 2. The maximum atomic E-state index is 13.1. The van der Waals surface area contributed by atoms with Crippen molar-refractivity contribution >= 4 is 33.1 Å². The molecule has 0 aliphatic heterocycles. The van der Waals surface area contributed by atoms with Crippen LogP contribution < -0.4 is 15.4 Å². The summed E-state index contributed by atoms with van der Waals surface area (Å²) < 4.78 is 67.2. The van der Waals surface area contributed by atoms with Crippen LogP contribution in [0.25, 0.3) is 5.65 Å². The minimum absolute atomic E-state index is 0.0363. The van der Waals surface area contributed by atoms with Crippen molar-refractivity contribution < 1.29 is 26.4 Å². The third-order valence-electron chi connectivity index (χ3n) is 6.20. The average molecular weight is 524 g/mol. The summed E-state index contributed by atoms with van der Waals surface area (Å²) in [6.07, 6.45) is -0.711. The minimum Gasteiger partial charge on any atom is -0.368 e. The van der Waals surface area contributed by atoms with Gasteiger partial charge in [0.2, 0.25) is 10.0 Å². The first-order valence-corrected chi connectivity index (χ1v) is 13.2. The SMILES string of the molecule is CC(C)S(=O)(=O)Nc1cccc(C(=O)NC2CCC(Nc3cccc4nc(C(F)(F)F)cn34)CC2)c1. The molecule has 1 aliphatic carbocycles. The van der Waals surface area contributed by atoms with E-state index in [0.29, 0.717) is 29.9 Å². The molecular formula is C24H28F3N5O3S. The molecular weight excluding hydrogens is 495 g/mol. The van der Waals surface area contributed by atoms with Crippen molar-refractivity contribution in [2.24, 2.45) is 0 Å². The summed E-state index contributed by atoms with van der Waals surface area (Å²) in [6, 6.07) is 11.2. The van der Waals surface area contributed by atoms with Gasteiger partial charge in [-0.3, -0.25) is 13.9 Å². The number of carbonyl (C=O) groups excluding carboxylic acids is 1. The number of benzene rings is 1. The number of rotatable bonds is 7. The molecule has 1 aliphatic rings.